The molecule has 1 fully saturated rings. The van der Waals surface area contributed by atoms with Crippen LogP contribution in [0.1, 0.15) is 25.7 Å². The lowest BCUT2D eigenvalue weighted by molar-refractivity contribution is -0.120. The van der Waals surface area contributed by atoms with Crippen LogP contribution in [0.2, 0.25) is 0 Å². The molecule has 162 valence electrons. The molecule has 2 aromatic rings. The molecule has 30 heavy (non-hydrogen) atoms. The van der Waals surface area contributed by atoms with Gasteiger partial charge in [-0.1, -0.05) is 12.1 Å². The van der Waals surface area contributed by atoms with E-state index in [9.17, 15) is 9.59 Å². The third kappa shape index (κ3) is 6.21. The Hall–Kier alpha value is -2.58. The SMILES string of the molecule is CN(C)CCOC(=O)NC1CCC(C(=O)Nc2cc(-c3cccs3)ccc2N)CC1. The van der Waals surface area contributed by atoms with Crippen LogP contribution in [-0.4, -0.2) is 50.2 Å². The van der Waals surface area contributed by atoms with Crippen molar-refractivity contribution in [2.45, 2.75) is 31.7 Å². The van der Waals surface area contributed by atoms with Gasteiger partial charge in [0.25, 0.3) is 0 Å². The van der Waals surface area contributed by atoms with Crippen molar-refractivity contribution >= 4 is 34.7 Å². The number of amides is 2. The molecule has 2 amide bonds. The number of nitrogens with two attached hydrogens (primary N) is 1. The summed E-state index contributed by atoms with van der Waals surface area (Å²) in [6.07, 6.45) is 2.57. The second-order valence-corrected chi connectivity index (χ2v) is 8.85. The van der Waals surface area contributed by atoms with Crippen molar-refractivity contribution in [2.75, 3.05) is 38.3 Å². The van der Waals surface area contributed by atoms with E-state index in [1.807, 2.05) is 54.7 Å². The smallest absolute Gasteiger partial charge is 0.407 e. The predicted molar refractivity (Wildman–Crippen MR) is 122 cm³/mol. The summed E-state index contributed by atoms with van der Waals surface area (Å²) in [5.74, 6) is -0.102. The Labute approximate surface area is 181 Å². The Kier molecular flexibility index (Phi) is 7.70. The van der Waals surface area contributed by atoms with Crippen LogP contribution in [0.25, 0.3) is 10.4 Å². The summed E-state index contributed by atoms with van der Waals surface area (Å²) in [6, 6.07) is 9.81. The molecular formula is C22H30N4O3S. The fraction of sp³-hybridized carbons (Fsp3) is 0.455. The largest absolute Gasteiger partial charge is 0.448 e. The first-order chi connectivity index (χ1) is 14.4. The standard InChI is InChI=1S/C22H30N4O3S/c1-26(2)11-12-29-22(28)24-17-8-5-15(6-9-17)21(27)25-19-14-16(7-10-18(19)23)20-4-3-13-30-20/h3-4,7,10,13-15,17H,5-6,8-9,11-12,23H2,1-2H3,(H,24,28)(H,25,27). The molecule has 0 atom stereocenters. The van der Waals surface area contributed by atoms with Crippen molar-refractivity contribution in [1.82, 2.24) is 10.2 Å². The number of likely N-dealkylation sites (N-methyl/N-ethyl adjacent to an activating group) is 1. The maximum atomic E-state index is 12.8. The Bertz CT molecular complexity index is 846. The predicted octanol–water partition coefficient (Wildman–Crippen LogP) is 3.78. The van der Waals surface area contributed by atoms with Gasteiger partial charge in [-0.3, -0.25) is 4.79 Å². The van der Waals surface area contributed by atoms with E-state index < -0.39 is 0 Å². The number of rotatable bonds is 7. The number of carbonyl (C=O) groups is 2. The van der Waals surface area contributed by atoms with Gasteiger partial charge in [-0.25, -0.2) is 4.79 Å². The van der Waals surface area contributed by atoms with Gasteiger partial charge in [0.1, 0.15) is 6.61 Å². The van der Waals surface area contributed by atoms with E-state index in [1.54, 1.807) is 11.3 Å². The normalized spacial score (nSPS) is 18.8. The third-order valence-corrected chi connectivity index (χ3v) is 6.23. The molecule has 0 unspecified atom stereocenters. The molecule has 1 aliphatic carbocycles. The van der Waals surface area contributed by atoms with Crippen LogP contribution in [0, 0.1) is 5.92 Å². The highest BCUT2D eigenvalue weighted by molar-refractivity contribution is 7.13. The van der Waals surface area contributed by atoms with Gasteiger partial charge in [-0.2, -0.15) is 0 Å². The third-order valence-electron chi connectivity index (χ3n) is 5.31. The lowest BCUT2D eigenvalue weighted by atomic mass is 9.85. The molecule has 7 nitrogen and oxygen atoms in total. The van der Waals surface area contributed by atoms with Crippen molar-refractivity contribution < 1.29 is 14.3 Å². The van der Waals surface area contributed by atoms with Gasteiger partial charge in [-0.15, -0.1) is 11.3 Å². The average Bonchev–Trinajstić information content (AvgIpc) is 3.24. The van der Waals surface area contributed by atoms with E-state index in [4.69, 9.17) is 10.5 Å². The van der Waals surface area contributed by atoms with Crippen molar-refractivity contribution in [3.8, 4) is 10.4 Å². The summed E-state index contributed by atoms with van der Waals surface area (Å²) in [7, 11) is 3.86. The highest BCUT2D eigenvalue weighted by Gasteiger charge is 2.27. The Morgan fingerprint density at radius 3 is 2.63 bits per heavy atom. The summed E-state index contributed by atoms with van der Waals surface area (Å²) in [5.41, 5.74) is 8.32. The van der Waals surface area contributed by atoms with Crippen molar-refractivity contribution in [2.24, 2.45) is 5.92 Å². The quantitative estimate of drug-likeness (QED) is 0.581. The summed E-state index contributed by atoms with van der Waals surface area (Å²) in [6.45, 7) is 1.06. The lowest BCUT2D eigenvalue weighted by Crippen LogP contribution is -2.40. The minimum atomic E-state index is -0.386. The molecular weight excluding hydrogens is 400 g/mol. The lowest BCUT2D eigenvalue weighted by Gasteiger charge is -2.28. The monoisotopic (exact) mass is 430 g/mol. The molecule has 8 heteroatoms. The number of thiophene rings is 1. The number of anilines is 2. The Morgan fingerprint density at radius 2 is 1.97 bits per heavy atom. The molecule has 0 bridgehead atoms. The zero-order chi connectivity index (χ0) is 21.5. The van der Waals surface area contributed by atoms with Crippen LogP contribution < -0.4 is 16.4 Å². The van der Waals surface area contributed by atoms with E-state index in [0.29, 0.717) is 24.5 Å². The van der Waals surface area contributed by atoms with Gasteiger partial charge in [0.2, 0.25) is 5.91 Å². The molecule has 4 N–H and O–H groups in total. The van der Waals surface area contributed by atoms with Crippen LogP contribution in [0.5, 0.6) is 0 Å². The zero-order valence-electron chi connectivity index (χ0n) is 17.5. The summed E-state index contributed by atoms with van der Waals surface area (Å²) in [5, 5.41) is 7.93. The summed E-state index contributed by atoms with van der Waals surface area (Å²) < 4.78 is 5.18. The van der Waals surface area contributed by atoms with E-state index in [0.717, 1.165) is 36.1 Å². The molecule has 1 heterocycles. The first kappa shape index (κ1) is 22.1. The number of carbonyl (C=O) groups excluding carboxylic acids is 2. The molecule has 1 saturated carbocycles. The number of ether oxygens (including phenoxy) is 1. The molecule has 1 aromatic carbocycles. The Morgan fingerprint density at radius 1 is 1.20 bits per heavy atom. The number of nitrogens with zero attached hydrogens (tertiary/aromatic N) is 1. The van der Waals surface area contributed by atoms with Gasteiger partial charge < -0.3 is 26.0 Å². The maximum Gasteiger partial charge on any atom is 0.407 e. The second kappa shape index (κ2) is 10.4. The molecule has 1 aliphatic rings. The number of nitrogens with one attached hydrogen (secondary N) is 2. The van der Waals surface area contributed by atoms with Crippen molar-refractivity contribution in [3.05, 3.63) is 35.7 Å². The van der Waals surface area contributed by atoms with Crippen molar-refractivity contribution in [1.29, 1.82) is 0 Å². The fourth-order valence-electron chi connectivity index (χ4n) is 3.52. The number of hydrogen-bond acceptors (Lipinski definition) is 6. The van der Waals surface area contributed by atoms with Crippen LogP contribution >= 0.6 is 11.3 Å². The first-order valence-electron chi connectivity index (χ1n) is 10.2. The minimum Gasteiger partial charge on any atom is -0.448 e. The van der Waals surface area contributed by atoms with E-state index in [1.165, 1.54) is 0 Å². The molecule has 0 saturated heterocycles. The average molecular weight is 431 g/mol. The van der Waals surface area contributed by atoms with Gasteiger partial charge in [-0.05, 0) is 68.9 Å². The van der Waals surface area contributed by atoms with E-state index in [2.05, 4.69) is 10.6 Å². The van der Waals surface area contributed by atoms with E-state index in [-0.39, 0.29) is 24.0 Å². The number of alkyl carbamates (subject to hydrolysis) is 1. The molecule has 1 aromatic heterocycles. The summed E-state index contributed by atoms with van der Waals surface area (Å²) in [4.78, 5) is 27.7. The topological polar surface area (TPSA) is 96.7 Å². The van der Waals surface area contributed by atoms with Crippen molar-refractivity contribution in [3.63, 3.8) is 0 Å². The van der Waals surface area contributed by atoms with Gasteiger partial charge >= 0.3 is 6.09 Å². The maximum absolute atomic E-state index is 12.8. The van der Waals surface area contributed by atoms with Gasteiger partial charge in [0.15, 0.2) is 0 Å². The highest BCUT2D eigenvalue weighted by atomic mass is 32.1. The van der Waals surface area contributed by atoms with Crippen LogP contribution in [0.3, 0.4) is 0 Å². The number of hydrogen-bond donors (Lipinski definition) is 3. The molecule has 0 spiro atoms. The second-order valence-electron chi connectivity index (χ2n) is 7.90. The number of nitrogen functional groups attached to an aromatic ring is 1. The van der Waals surface area contributed by atoms with Crippen LogP contribution in [0.4, 0.5) is 16.2 Å². The fourth-order valence-corrected chi connectivity index (χ4v) is 4.25. The number of benzene rings is 1. The van der Waals surface area contributed by atoms with E-state index >= 15 is 0 Å². The summed E-state index contributed by atoms with van der Waals surface area (Å²) >= 11 is 1.65. The Balaban J connectivity index is 1.48. The molecule has 0 radical (unpaired) electrons. The molecule has 3 rings (SSSR count). The van der Waals surface area contributed by atoms with Crippen LogP contribution in [-0.2, 0) is 9.53 Å². The highest BCUT2D eigenvalue weighted by Crippen LogP contribution is 2.31. The molecule has 0 aliphatic heterocycles. The minimum absolute atomic E-state index is 0.0166. The first-order valence-corrected chi connectivity index (χ1v) is 11.1. The van der Waals surface area contributed by atoms with Gasteiger partial charge in [0.05, 0.1) is 11.4 Å². The zero-order valence-corrected chi connectivity index (χ0v) is 18.3. The van der Waals surface area contributed by atoms with Gasteiger partial charge in [0, 0.05) is 23.4 Å². The van der Waals surface area contributed by atoms with Crippen LogP contribution in [0.15, 0.2) is 35.7 Å².